The first-order valence-corrected chi connectivity index (χ1v) is 19.1. The topological polar surface area (TPSA) is 29.5 Å². The Hall–Kier alpha value is -0.570. The van der Waals surface area contributed by atoms with Crippen LogP contribution in [0.5, 0.6) is 0 Å². The molecule has 0 unspecified atom stereocenters. The zero-order valence-corrected chi connectivity index (χ0v) is 28.4. The second kappa shape index (κ2) is 30.9. The van der Waals surface area contributed by atoms with Gasteiger partial charge in [0.2, 0.25) is 0 Å². The Morgan fingerprint density at radius 1 is 0.561 bits per heavy atom. The molecule has 1 fully saturated rings. The van der Waals surface area contributed by atoms with Crippen molar-refractivity contribution < 1.29 is 9.53 Å². The summed E-state index contributed by atoms with van der Waals surface area (Å²) in [6.45, 7) is 5.09. The van der Waals surface area contributed by atoms with Gasteiger partial charge in [-0.15, -0.1) is 0 Å². The molecular formula is C38H75NO2. The van der Waals surface area contributed by atoms with Gasteiger partial charge in [0.15, 0.2) is 0 Å². The van der Waals surface area contributed by atoms with E-state index < -0.39 is 0 Å². The van der Waals surface area contributed by atoms with E-state index in [1.54, 1.807) is 0 Å². The van der Waals surface area contributed by atoms with Crippen LogP contribution >= 0.6 is 0 Å². The van der Waals surface area contributed by atoms with E-state index in [0.717, 1.165) is 25.3 Å². The lowest BCUT2D eigenvalue weighted by molar-refractivity contribution is -0.143. The van der Waals surface area contributed by atoms with Crippen molar-refractivity contribution in [3.8, 4) is 0 Å². The molecule has 0 radical (unpaired) electrons. The zero-order valence-electron chi connectivity index (χ0n) is 28.4. The number of carbonyl (C=O) groups excluding carboxylic acids is 1. The summed E-state index contributed by atoms with van der Waals surface area (Å²) in [5.41, 5.74) is 0. The molecule has 1 rings (SSSR count). The van der Waals surface area contributed by atoms with Crippen molar-refractivity contribution in [3.63, 3.8) is 0 Å². The molecule has 0 spiro atoms. The Morgan fingerprint density at radius 3 is 1.49 bits per heavy atom. The van der Waals surface area contributed by atoms with Gasteiger partial charge in [0.25, 0.3) is 0 Å². The summed E-state index contributed by atoms with van der Waals surface area (Å²) in [6, 6.07) is 0. The highest BCUT2D eigenvalue weighted by Crippen LogP contribution is 2.29. The summed E-state index contributed by atoms with van der Waals surface area (Å²) in [4.78, 5) is 14.4. The average Bonchev–Trinajstić information content (AvgIpc) is 3.50. The van der Waals surface area contributed by atoms with Gasteiger partial charge < -0.3 is 9.64 Å². The third kappa shape index (κ3) is 28.0. The maximum Gasteiger partial charge on any atom is 0.305 e. The van der Waals surface area contributed by atoms with Crippen LogP contribution in [0.4, 0.5) is 0 Å². The molecule has 41 heavy (non-hydrogen) atoms. The minimum atomic E-state index is 0.0113. The molecule has 0 heterocycles. The first-order chi connectivity index (χ1) is 20.2. The molecule has 0 aromatic carbocycles. The van der Waals surface area contributed by atoms with Gasteiger partial charge in [0, 0.05) is 13.0 Å². The van der Waals surface area contributed by atoms with E-state index in [1.807, 2.05) is 0 Å². The van der Waals surface area contributed by atoms with E-state index in [-0.39, 0.29) is 5.97 Å². The van der Waals surface area contributed by atoms with Gasteiger partial charge in [-0.25, -0.2) is 0 Å². The predicted molar refractivity (Wildman–Crippen MR) is 181 cm³/mol. The van der Waals surface area contributed by atoms with Crippen molar-refractivity contribution in [1.82, 2.24) is 4.90 Å². The van der Waals surface area contributed by atoms with Gasteiger partial charge in [0.05, 0.1) is 6.61 Å². The highest BCUT2D eigenvalue weighted by Gasteiger charge is 2.13. The van der Waals surface area contributed by atoms with Crippen molar-refractivity contribution in [2.45, 2.75) is 206 Å². The highest BCUT2D eigenvalue weighted by atomic mass is 16.5. The summed E-state index contributed by atoms with van der Waals surface area (Å²) >= 11 is 0. The minimum absolute atomic E-state index is 0.0113. The van der Waals surface area contributed by atoms with Crippen LogP contribution in [-0.2, 0) is 9.53 Å². The molecule has 0 atom stereocenters. The predicted octanol–water partition coefficient (Wildman–Crippen LogP) is 12.2. The Balaban J connectivity index is 1.72. The van der Waals surface area contributed by atoms with Gasteiger partial charge in [-0.1, -0.05) is 180 Å². The molecule has 0 aliphatic heterocycles. The van der Waals surface area contributed by atoms with Gasteiger partial charge >= 0.3 is 5.97 Å². The van der Waals surface area contributed by atoms with E-state index in [0.29, 0.717) is 13.0 Å². The zero-order chi connectivity index (χ0) is 29.5. The third-order valence-corrected chi connectivity index (χ3v) is 9.56. The monoisotopic (exact) mass is 578 g/mol. The molecule has 3 heteroatoms. The van der Waals surface area contributed by atoms with Crippen molar-refractivity contribution in [1.29, 1.82) is 0 Å². The molecule has 244 valence electrons. The van der Waals surface area contributed by atoms with Crippen LogP contribution in [0.25, 0.3) is 0 Å². The van der Waals surface area contributed by atoms with Gasteiger partial charge in [-0.05, 0) is 38.8 Å². The molecule has 0 bridgehead atoms. The normalized spacial score (nSPS) is 13.9. The number of hydrogen-bond acceptors (Lipinski definition) is 3. The van der Waals surface area contributed by atoms with Crippen LogP contribution < -0.4 is 0 Å². The maximum atomic E-state index is 12.0. The van der Waals surface area contributed by atoms with Crippen molar-refractivity contribution in [3.05, 3.63) is 0 Å². The lowest BCUT2D eigenvalue weighted by Gasteiger charge is -2.16. The smallest absolute Gasteiger partial charge is 0.305 e. The van der Waals surface area contributed by atoms with Crippen LogP contribution in [0.15, 0.2) is 0 Å². The second-order valence-electron chi connectivity index (χ2n) is 13.7. The van der Waals surface area contributed by atoms with Gasteiger partial charge in [0.1, 0.15) is 0 Å². The van der Waals surface area contributed by atoms with E-state index in [9.17, 15) is 4.79 Å². The molecule has 0 N–H and O–H groups in total. The molecule has 1 saturated carbocycles. The first kappa shape index (κ1) is 38.5. The number of nitrogens with zero attached hydrogens (tertiary/aromatic N) is 1. The largest absolute Gasteiger partial charge is 0.466 e. The maximum absolute atomic E-state index is 12.0. The van der Waals surface area contributed by atoms with E-state index in [2.05, 4.69) is 18.9 Å². The molecule has 0 aromatic rings. The summed E-state index contributed by atoms with van der Waals surface area (Å²) < 4.78 is 5.48. The fourth-order valence-corrected chi connectivity index (χ4v) is 6.70. The van der Waals surface area contributed by atoms with Crippen LogP contribution in [-0.4, -0.2) is 37.6 Å². The summed E-state index contributed by atoms with van der Waals surface area (Å²) in [5, 5.41) is 0. The second-order valence-corrected chi connectivity index (χ2v) is 13.7. The lowest BCUT2D eigenvalue weighted by Crippen LogP contribution is -2.22. The summed E-state index contributed by atoms with van der Waals surface area (Å²) in [5.74, 6) is 1.08. The van der Waals surface area contributed by atoms with E-state index in [4.69, 9.17) is 4.74 Å². The molecule has 1 aliphatic carbocycles. The fourth-order valence-electron chi connectivity index (χ4n) is 6.70. The number of hydrogen-bond donors (Lipinski definition) is 0. The van der Waals surface area contributed by atoms with Crippen LogP contribution in [0.3, 0.4) is 0 Å². The molecule has 1 aliphatic rings. The molecule has 0 amide bonds. The van der Waals surface area contributed by atoms with Crippen LogP contribution in [0.2, 0.25) is 0 Å². The van der Waals surface area contributed by atoms with Crippen LogP contribution in [0.1, 0.15) is 206 Å². The molecule has 0 saturated heterocycles. The van der Waals surface area contributed by atoms with Crippen molar-refractivity contribution >= 4 is 5.97 Å². The molecular weight excluding hydrogens is 502 g/mol. The quantitative estimate of drug-likeness (QED) is 0.0588. The Morgan fingerprint density at radius 2 is 0.976 bits per heavy atom. The molecule has 0 aromatic heterocycles. The summed E-state index contributed by atoms with van der Waals surface area (Å²) in [6.07, 6.45) is 42.2. The highest BCUT2D eigenvalue weighted by molar-refractivity contribution is 5.69. The van der Waals surface area contributed by atoms with Crippen molar-refractivity contribution in [2.24, 2.45) is 5.92 Å². The van der Waals surface area contributed by atoms with Gasteiger partial charge in [-0.2, -0.15) is 0 Å². The van der Waals surface area contributed by atoms with Crippen molar-refractivity contribution in [2.75, 3.05) is 26.7 Å². The average molecular weight is 578 g/mol. The lowest BCUT2D eigenvalue weighted by atomic mass is 9.99. The number of ether oxygens (including phenoxy) is 1. The Kier molecular flexibility index (Phi) is 29.0. The standard InChI is InChI=1S/C38H75NO2/c1-3-4-5-6-7-8-9-10-11-14-17-20-23-28-34-39(2)35-29-36-41-38(40)33-25-22-19-16-13-12-15-18-21-24-30-37-31-26-27-32-37/h37H,3-36H2,1-2H3. The number of carbonyl (C=O) groups is 1. The third-order valence-electron chi connectivity index (χ3n) is 9.56. The number of rotatable bonds is 32. The molecule has 3 nitrogen and oxygen atoms in total. The number of unbranched alkanes of at least 4 members (excludes halogenated alkanes) is 22. The van der Waals surface area contributed by atoms with E-state index in [1.165, 1.54) is 186 Å². The van der Waals surface area contributed by atoms with E-state index >= 15 is 0 Å². The number of esters is 1. The summed E-state index contributed by atoms with van der Waals surface area (Å²) in [7, 11) is 2.21. The Bertz CT molecular complexity index is 530. The Labute approximate surface area is 258 Å². The SMILES string of the molecule is CCCCCCCCCCCCCCCCN(C)CCCOC(=O)CCCCCCCCCCCCC1CCCC1. The fraction of sp³-hybridized carbons (Fsp3) is 0.974. The first-order valence-electron chi connectivity index (χ1n) is 19.1. The van der Waals surface area contributed by atoms with Crippen LogP contribution in [0, 0.1) is 5.92 Å². The van der Waals surface area contributed by atoms with Gasteiger partial charge in [-0.3, -0.25) is 4.79 Å². The minimum Gasteiger partial charge on any atom is -0.466 e.